The summed E-state index contributed by atoms with van der Waals surface area (Å²) in [5, 5.41) is 11.7. The zero-order chi connectivity index (χ0) is 14.6. The average Bonchev–Trinajstić information content (AvgIpc) is 2.23. The van der Waals surface area contributed by atoms with Gasteiger partial charge in [-0.1, -0.05) is 0 Å². The van der Waals surface area contributed by atoms with Gasteiger partial charge < -0.3 is 20.1 Å². The van der Waals surface area contributed by atoms with Crippen molar-refractivity contribution in [2.24, 2.45) is 0 Å². The van der Waals surface area contributed by atoms with Crippen LogP contribution in [0.2, 0.25) is 0 Å². The van der Waals surface area contributed by atoms with E-state index in [0.29, 0.717) is 6.61 Å². The van der Waals surface area contributed by atoms with Gasteiger partial charge in [0.1, 0.15) is 6.54 Å². The lowest BCUT2D eigenvalue weighted by Crippen LogP contribution is -2.52. The maximum absolute atomic E-state index is 12.1. The van der Waals surface area contributed by atoms with E-state index in [1.807, 2.05) is 13.8 Å². The molecule has 6 heteroatoms. The fraction of sp³-hybridized carbons (Fsp3) is 0.846. The number of nitrogens with one attached hydrogen (secondary N) is 1. The molecule has 6 nitrogen and oxygen atoms in total. The molecule has 1 fully saturated rings. The van der Waals surface area contributed by atoms with Crippen LogP contribution in [0.25, 0.3) is 0 Å². The van der Waals surface area contributed by atoms with Crippen molar-refractivity contribution in [1.82, 2.24) is 10.2 Å². The molecular weight excluding hydrogens is 248 g/mol. The molecule has 0 spiro atoms. The largest absolute Gasteiger partial charge is 0.480 e. The van der Waals surface area contributed by atoms with Crippen LogP contribution >= 0.6 is 0 Å². The van der Waals surface area contributed by atoms with Crippen LogP contribution in [0.3, 0.4) is 0 Å². The Bertz CT molecular complexity index is 342. The van der Waals surface area contributed by atoms with Gasteiger partial charge in [0.2, 0.25) is 0 Å². The van der Waals surface area contributed by atoms with Crippen molar-refractivity contribution in [3.63, 3.8) is 0 Å². The first-order valence-electron chi connectivity index (χ1n) is 6.64. The number of carboxylic acids is 1. The molecule has 0 saturated carbocycles. The lowest BCUT2D eigenvalue weighted by molar-refractivity contribution is -0.138. The number of carboxylic acid groups (broad SMARTS) is 1. The Morgan fingerprint density at radius 3 is 2.58 bits per heavy atom. The van der Waals surface area contributed by atoms with Crippen LogP contribution in [0.15, 0.2) is 0 Å². The lowest BCUT2D eigenvalue weighted by atomic mass is 9.94. The molecule has 1 heterocycles. The average molecular weight is 272 g/mol. The molecule has 0 radical (unpaired) electrons. The van der Waals surface area contributed by atoms with Crippen LogP contribution in [0, 0.1) is 0 Å². The van der Waals surface area contributed by atoms with E-state index in [1.54, 1.807) is 13.8 Å². The second kappa shape index (κ2) is 6.23. The summed E-state index contributed by atoms with van der Waals surface area (Å²) in [5.74, 6) is -1.00. The Morgan fingerprint density at radius 1 is 1.47 bits per heavy atom. The predicted molar refractivity (Wildman–Crippen MR) is 71.1 cm³/mol. The van der Waals surface area contributed by atoms with Gasteiger partial charge in [-0.3, -0.25) is 4.79 Å². The number of rotatable bonds is 4. The van der Waals surface area contributed by atoms with Crippen molar-refractivity contribution in [1.29, 1.82) is 0 Å². The van der Waals surface area contributed by atoms with Gasteiger partial charge in [-0.05, 0) is 40.5 Å². The van der Waals surface area contributed by atoms with E-state index < -0.39 is 5.97 Å². The zero-order valence-corrected chi connectivity index (χ0v) is 12.1. The Balaban J connectivity index is 2.58. The molecule has 19 heavy (non-hydrogen) atoms. The van der Waals surface area contributed by atoms with Gasteiger partial charge in [-0.25, -0.2) is 4.79 Å². The molecule has 0 aliphatic carbocycles. The second-order valence-corrected chi connectivity index (χ2v) is 5.86. The van der Waals surface area contributed by atoms with Crippen molar-refractivity contribution < 1.29 is 19.4 Å². The maximum Gasteiger partial charge on any atom is 0.323 e. The smallest absolute Gasteiger partial charge is 0.323 e. The molecular formula is C13H24N2O4. The third-order valence-corrected chi connectivity index (χ3v) is 3.21. The maximum atomic E-state index is 12.1. The van der Waals surface area contributed by atoms with Crippen LogP contribution in [0.4, 0.5) is 4.79 Å². The van der Waals surface area contributed by atoms with Crippen LogP contribution in [-0.2, 0) is 9.53 Å². The summed E-state index contributed by atoms with van der Waals surface area (Å²) >= 11 is 0. The van der Waals surface area contributed by atoms with E-state index in [2.05, 4.69) is 5.32 Å². The van der Waals surface area contributed by atoms with Gasteiger partial charge in [0.25, 0.3) is 0 Å². The number of aliphatic carboxylic acids is 1. The van der Waals surface area contributed by atoms with Gasteiger partial charge in [0.15, 0.2) is 0 Å². The molecule has 2 N–H and O–H groups in total. The molecule has 1 rings (SSSR count). The highest BCUT2D eigenvalue weighted by Crippen LogP contribution is 2.24. The molecule has 1 aliphatic heterocycles. The van der Waals surface area contributed by atoms with Crippen molar-refractivity contribution >= 4 is 12.0 Å². The number of hydrogen-bond donors (Lipinski definition) is 2. The summed E-state index contributed by atoms with van der Waals surface area (Å²) in [7, 11) is 0. The molecule has 1 aliphatic rings. The Hall–Kier alpha value is -1.30. The number of amides is 2. The van der Waals surface area contributed by atoms with Crippen molar-refractivity contribution in [3.8, 4) is 0 Å². The minimum Gasteiger partial charge on any atom is -0.480 e. The standard InChI is InChI=1S/C13H24N2O4/c1-9(2)15(8-11(16)17)12(18)14-10-5-6-19-13(3,4)7-10/h9-10H,5-8H2,1-4H3,(H,14,18)(H,16,17). The lowest BCUT2D eigenvalue weighted by Gasteiger charge is -2.37. The number of hydrogen-bond acceptors (Lipinski definition) is 3. The highest BCUT2D eigenvalue weighted by molar-refractivity contribution is 5.80. The van der Waals surface area contributed by atoms with E-state index in [0.717, 1.165) is 12.8 Å². The first-order chi connectivity index (χ1) is 8.71. The number of carbonyl (C=O) groups is 2. The number of ether oxygens (including phenoxy) is 1. The molecule has 0 bridgehead atoms. The predicted octanol–water partition coefficient (Wildman–Crippen LogP) is 1.45. The summed E-state index contributed by atoms with van der Waals surface area (Å²) in [6.07, 6.45) is 1.49. The fourth-order valence-corrected chi connectivity index (χ4v) is 2.25. The van der Waals surface area contributed by atoms with Crippen LogP contribution in [-0.4, -0.2) is 52.8 Å². The topological polar surface area (TPSA) is 78.9 Å². The molecule has 0 aromatic heterocycles. The van der Waals surface area contributed by atoms with E-state index in [-0.39, 0.29) is 30.3 Å². The molecule has 0 aromatic rings. The Morgan fingerprint density at radius 2 is 2.11 bits per heavy atom. The van der Waals surface area contributed by atoms with Gasteiger partial charge in [0, 0.05) is 18.7 Å². The monoisotopic (exact) mass is 272 g/mol. The second-order valence-electron chi connectivity index (χ2n) is 5.86. The number of carbonyl (C=O) groups excluding carboxylic acids is 1. The van der Waals surface area contributed by atoms with Crippen molar-refractivity contribution in [3.05, 3.63) is 0 Å². The normalized spacial score (nSPS) is 22.1. The minimum atomic E-state index is -1.00. The van der Waals surface area contributed by atoms with Gasteiger partial charge in [-0.2, -0.15) is 0 Å². The molecule has 110 valence electrons. The third kappa shape index (κ3) is 5.06. The summed E-state index contributed by atoms with van der Waals surface area (Å²) in [6, 6.07) is -0.435. The van der Waals surface area contributed by atoms with E-state index in [1.165, 1.54) is 4.90 Å². The summed E-state index contributed by atoms with van der Waals surface area (Å²) in [4.78, 5) is 24.2. The zero-order valence-electron chi connectivity index (χ0n) is 12.1. The van der Waals surface area contributed by atoms with Crippen LogP contribution in [0.1, 0.15) is 40.5 Å². The molecule has 1 atom stereocenters. The van der Waals surface area contributed by atoms with E-state index in [4.69, 9.17) is 9.84 Å². The Kier molecular flexibility index (Phi) is 5.17. The Labute approximate surface area is 114 Å². The summed E-state index contributed by atoms with van der Waals surface area (Å²) in [6.45, 7) is 7.91. The van der Waals surface area contributed by atoms with Crippen LogP contribution in [0.5, 0.6) is 0 Å². The third-order valence-electron chi connectivity index (χ3n) is 3.21. The minimum absolute atomic E-state index is 0.0336. The van der Waals surface area contributed by atoms with E-state index in [9.17, 15) is 9.59 Å². The fourth-order valence-electron chi connectivity index (χ4n) is 2.25. The SMILES string of the molecule is CC(C)N(CC(=O)O)C(=O)NC1CCOC(C)(C)C1. The number of nitrogens with zero attached hydrogens (tertiary/aromatic N) is 1. The molecule has 1 saturated heterocycles. The summed E-state index contributed by atoms with van der Waals surface area (Å²) < 4.78 is 5.59. The van der Waals surface area contributed by atoms with Crippen molar-refractivity contribution in [2.75, 3.05) is 13.2 Å². The summed E-state index contributed by atoms with van der Waals surface area (Å²) in [5.41, 5.74) is -0.244. The highest BCUT2D eigenvalue weighted by atomic mass is 16.5. The first kappa shape index (κ1) is 15.8. The highest BCUT2D eigenvalue weighted by Gasteiger charge is 2.31. The van der Waals surface area contributed by atoms with Gasteiger partial charge >= 0.3 is 12.0 Å². The molecule has 0 aromatic carbocycles. The van der Waals surface area contributed by atoms with Crippen LogP contribution < -0.4 is 5.32 Å². The molecule has 2 amide bonds. The van der Waals surface area contributed by atoms with Gasteiger partial charge in [0.05, 0.1) is 5.60 Å². The first-order valence-corrected chi connectivity index (χ1v) is 6.64. The quantitative estimate of drug-likeness (QED) is 0.812. The van der Waals surface area contributed by atoms with Gasteiger partial charge in [-0.15, -0.1) is 0 Å². The van der Waals surface area contributed by atoms with Crippen molar-refractivity contribution in [2.45, 2.75) is 58.2 Å². The van der Waals surface area contributed by atoms with E-state index >= 15 is 0 Å². The molecule has 1 unspecified atom stereocenters. The number of urea groups is 1.